The summed E-state index contributed by atoms with van der Waals surface area (Å²) in [7, 11) is 0. The Morgan fingerprint density at radius 1 is 1.21 bits per heavy atom. The highest BCUT2D eigenvalue weighted by Crippen LogP contribution is 2.31. The van der Waals surface area contributed by atoms with Crippen LogP contribution in [0.3, 0.4) is 0 Å². The fourth-order valence-corrected chi connectivity index (χ4v) is 3.67. The van der Waals surface area contributed by atoms with Crippen molar-refractivity contribution >= 4 is 17.7 Å². The zero-order valence-corrected chi connectivity index (χ0v) is 13.1. The Bertz CT molecular complexity index is 731. The van der Waals surface area contributed by atoms with Gasteiger partial charge in [0.25, 0.3) is 11.8 Å². The van der Waals surface area contributed by atoms with Crippen LogP contribution in [0.5, 0.6) is 0 Å². The molecule has 4 rings (SSSR count). The van der Waals surface area contributed by atoms with Gasteiger partial charge in [-0.15, -0.1) is 0 Å². The van der Waals surface area contributed by atoms with Crippen LogP contribution >= 0.6 is 0 Å². The predicted octanol–water partition coefficient (Wildman–Crippen LogP) is 0.301. The average Bonchev–Trinajstić information content (AvgIpc) is 3.10. The maximum atomic E-state index is 12.7. The quantitative estimate of drug-likeness (QED) is 0.847. The lowest BCUT2D eigenvalue weighted by atomic mass is 9.93. The minimum absolute atomic E-state index is 0.0267. The molecule has 0 radical (unpaired) electrons. The van der Waals surface area contributed by atoms with Gasteiger partial charge in [0.15, 0.2) is 0 Å². The van der Waals surface area contributed by atoms with Crippen molar-refractivity contribution in [2.24, 2.45) is 0 Å². The summed E-state index contributed by atoms with van der Waals surface area (Å²) in [6.45, 7) is 1.07. The fourth-order valence-electron chi connectivity index (χ4n) is 3.67. The van der Waals surface area contributed by atoms with E-state index in [0.29, 0.717) is 37.2 Å². The molecular weight excluding hydrogens is 308 g/mol. The number of fused-ring (bicyclic) bond motifs is 2. The molecule has 7 nitrogen and oxygen atoms in total. The summed E-state index contributed by atoms with van der Waals surface area (Å²) in [5, 5.41) is 2.97. The first-order valence-electron chi connectivity index (χ1n) is 8.18. The van der Waals surface area contributed by atoms with Gasteiger partial charge in [-0.1, -0.05) is 6.08 Å². The number of aromatic nitrogens is 1. The summed E-state index contributed by atoms with van der Waals surface area (Å²) in [5.41, 5.74) is 1.07. The summed E-state index contributed by atoms with van der Waals surface area (Å²) in [5.74, 6) is -0.260. The maximum Gasteiger partial charge on any atom is 0.270 e. The second-order valence-corrected chi connectivity index (χ2v) is 6.31. The highest BCUT2D eigenvalue weighted by molar-refractivity contribution is 6.05. The molecule has 124 valence electrons. The first-order valence-corrected chi connectivity index (χ1v) is 8.18. The SMILES string of the molecule is O=C(NC1CCN2C(=O)C3=CCCN3C(=O)C2C1)c1ccncc1. The minimum atomic E-state index is -0.468. The van der Waals surface area contributed by atoms with Crippen molar-refractivity contribution in [3.05, 3.63) is 41.9 Å². The van der Waals surface area contributed by atoms with Crippen molar-refractivity contribution in [2.75, 3.05) is 13.1 Å². The molecule has 3 amide bonds. The monoisotopic (exact) mass is 326 g/mol. The smallest absolute Gasteiger partial charge is 0.270 e. The van der Waals surface area contributed by atoms with Crippen LogP contribution in [0, 0.1) is 0 Å². The van der Waals surface area contributed by atoms with Gasteiger partial charge in [-0.25, -0.2) is 0 Å². The number of nitrogens with one attached hydrogen (secondary N) is 1. The molecular formula is C17H18N4O3. The van der Waals surface area contributed by atoms with Gasteiger partial charge < -0.3 is 15.1 Å². The Labute approximate surface area is 139 Å². The number of nitrogens with zero attached hydrogens (tertiary/aromatic N) is 3. The third-order valence-electron chi connectivity index (χ3n) is 4.89. The van der Waals surface area contributed by atoms with Crippen LogP contribution in [-0.4, -0.2) is 57.7 Å². The van der Waals surface area contributed by atoms with Crippen molar-refractivity contribution in [1.29, 1.82) is 0 Å². The molecule has 0 bridgehead atoms. The van der Waals surface area contributed by atoms with Crippen molar-refractivity contribution < 1.29 is 14.4 Å². The molecule has 0 saturated carbocycles. The standard InChI is InChI=1S/C17H18N4O3/c22-15(11-3-6-18-7-4-11)19-12-5-9-21-14(10-12)17(24)20-8-1-2-13(20)16(21)23/h2-4,6-7,12,14H,1,5,8-10H2,(H,19,22). The van der Waals surface area contributed by atoms with E-state index < -0.39 is 6.04 Å². The molecule has 3 aliphatic rings. The summed E-state index contributed by atoms with van der Waals surface area (Å²) in [6.07, 6.45) is 6.83. The van der Waals surface area contributed by atoms with Gasteiger partial charge in [0.2, 0.25) is 5.91 Å². The fraction of sp³-hybridized carbons (Fsp3) is 0.412. The van der Waals surface area contributed by atoms with Crippen molar-refractivity contribution in [3.8, 4) is 0 Å². The Morgan fingerprint density at radius 3 is 2.79 bits per heavy atom. The topological polar surface area (TPSA) is 82.6 Å². The van der Waals surface area contributed by atoms with Crippen LogP contribution in [0.15, 0.2) is 36.3 Å². The predicted molar refractivity (Wildman–Crippen MR) is 84.6 cm³/mol. The third-order valence-corrected chi connectivity index (χ3v) is 4.89. The second-order valence-electron chi connectivity index (χ2n) is 6.31. The molecule has 1 N–H and O–H groups in total. The van der Waals surface area contributed by atoms with E-state index in [2.05, 4.69) is 10.3 Å². The zero-order chi connectivity index (χ0) is 16.7. The van der Waals surface area contributed by atoms with E-state index in [9.17, 15) is 14.4 Å². The molecule has 2 unspecified atom stereocenters. The molecule has 1 aromatic heterocycles. The largest absolute Gasteiger partial charge is 0.349 e. The van der Waals surface area contributed by atoms with E-state index in [0.717, 1.165) is 6.42 Å². The normalized spacial score (nSPS) is 25.9. The molecule has 2 atom stereocenters. The lowest BCUT2D eigenvalue weighted by Crippen LogP contribution is -2.62. The highest BCUT2D eigenvalue weighted by atomic mass is 16.2. The molecule has 0 aliphatic carbocycles. The van der Waals surface area contributed by atoms with Gasteiger partial charge in [0, 0.05) is 37.1 Å². The molecule has 0 spiro atoms. The van der Waals surface area contributed by atoms with E-state index in [-0.39, 0.29) is 23.8 Å². The van der Waals surface area contributed by atoms with Crippen molar-refractivity contribution in [3.63, 3.8) is 0 Å². The van der Waals surface area contributed by atoms with E-state index in [1.54, 1.807) is 34.3 Å². The van der Waals surface area contributed by atoms with Gasteiger partial charge in [0.1, 0.15) is 11.7 Å². The van der Waals surface area contributed by atoms with Gasteiger partial charge >= 0.3 is 0 Å². The summed E-state index contributed by atoms with van der Waals surface area (Å²) >= 11 is 0. The van der Waals surface area contributed by atoms with E-state index in [1.807, 2.05) is 6.08 Å². The number of hydrogen-bond acceptors (Lipinski definition) is 4. The number of hydrogen-bond donors (Lipinski definition) is 1. The van der Waals surface area contributed by atoms with E-state index in [4.69, 9.17) is 0 Å². The molecule has 24 heavy (non-hydrogen) atoms. The van der Waals surface area contributed by atoms with Crippen molar-refractivity contribution in [2.45, 2.75) is 31.3 Å². The second kappa shape index (κ2) is 5.74. The maximum absolute atomic E-state index is 12.7. The molecule has 2 fully saturated rings. The van der Waals surface area contributed by atoms with Gasteiger partial charge in [0.05, 0.1) is 0 Å². The number of carbonyl (C=O) groups excluding carboxylic acids is 3. The lowest BCUT2D eigenvalue weighted by molar-refractivity contribution is -0.152. The Morgan fingerprint density at radius 2 is 2.00 bits per heavy atom. The van der Waals surface area contributed by atoms with E-state index in [1.165, 1.54) is 0 Å². The highest BCUT2D eigenvalue weighted by Gasteiger charge is 2.46. The van der Waals surface area contributed by atoms with Crippen LogP contribution in [0.2, 0.25) is 0 Å². The Kier molecular flexibility index (Phi) is 3.55. The van der Waals surface area contributed by atoms with Crippen LogP contribution in [-0.2, 0) is 9.59 Å². The van der Waals surface area contributed by atoms with Crippen LogP contribution in [0.1, 0.15) is 29.6 Å². The summed E-state index contributed by atoms with van der Waals surface area (Å²) < 4.78 is 0. The van der Waals surface area contributed by atoms with E-state index >= 15 is 0 Å². The number of piperazine rings is 1. The molecule has 3 aliphatic heterocycles. The van der Waals surface area contributed by atoms with Gasteiger partial charge in [-0.2, -0.15) is 0 Å². The number of piperidine rings is 1. The first-order chi connectivity index (χ1) is 11.6. The first kappa shape index (κ1) is 14.9. The third kappa shape index (κ3) is 2.36. The van der Waals surface area contributed by atoms with Crippen molar-refractivity contribution in [1.82, 2.24) is 20.1 Å². The minimum Gasteiger partial charge on any atom is -0.349 e. The van der Waals surface area contributed by atoms with Crippen LogP contribution in [0.4, 0.5) is 0 Å². The average molecular weight is 326 g/mol. The molecule has 4 heterocycles. The zero-order valence-electron chi connectivity index (χ0n) is 13.1. The Balaban J connectivity index is 1.47. The summed E-state index contributed by atoms with van der Waals surface area (Å²) in [4.78, 5) is 44.6. The van der Waals surface area contributed by atoms with Crippen LogP contribution < -0.4 is 5.32 Å². The van der Waals surface area contributed by atoms with Gasteiger partial charge in [-0.3, -0.25) is 19.4 Å². The molecule has 2 saturated heterocycles. The summed E-state index contributed by atoms with van der Waals surface area (Å²) in [6, 6.07) is 2.73. The molecule has 1 aromatic rings. The number of carbonyl (C=O) groups is 3. The van der Waals surface area contributed by atoms with Crippen LogP contribution in [0.25, 0.3) is 0 Å². The number of pyridine rings is 1. The van der Waals surface area contributed by atoms with Gasteiger partial charge in [-0.05, 0) is 31.4 Å². The Hall–Kier alpha value is -2.70. The number of amides is 3. The molecule has 0 aromatic carbocycles. The number of rotatable bonds is 2. The molecule has 7 heteroatoms. The lowest BCUT2D eigenvalue weighted by Gasteiger charge is -2.44.